The monoisotopic (exact) mass is 447 g/mol. The van der Waals surface area contributed by atoms with Gasteiger partial charge in [0, 0.05) is 26.5 Å². The molecule has 1 atom stereocenters. The van der Waals surface area contributed by atoms with Gasteiger partial charge in [0.1, 0.15) is 6.10 Å². The van der Waals surface area contributed by atoms with E-state index < -0.39 is 6.10 Å². The molecule has 2 aliphatic heterocycles. The number of hydrogen-bond acceptors (Lipinski definition) is 6. The van der Waals surface area contributed by atoms with Gasteiger partial charge in [-0.25, -0.2) is 0 Å². The highest BCUT2D eigenvalue weighted by Gasteiger charge is 2.43. The van der Waals surface area contributed by atoms with Crippen LogP contribution in [-0.2, 0) is 22.4 Å². The summed E-state index contributed by atoms with van der Waals surface area (Å²) in [4.78, 5) is 15.1. The maximum atomic E-state index is 13.4. The summed E-state index contributed by atoms with van der Waals surface area (Å²) in [6.45, 7) is 1.38. The van der Waals surface area contributed by atoms with Crippen molar-refractivity contribution in [3.8, 4) is 0 Å². The van der Waals surface area contributed by atoms with Crippen LogP contribution >= 0.6 is 0 Å². The molecule has 3 aliphatic rings. The van der Waals surface area contributed by atoms with Crippen molar-refractivity contribution in [2.45, 2.75) is 31.4 Å². The van der Waals surface area contributed by atoms with Gasteiger partial charge in [0.2, 0.25) is 0 Å². The number of aryl methyl sites for hydroxylation is 2. The number of nitrogens with zero attached hydrogens (tertiary/aromatic N) is 3. The van der Waals surface area contributed by atoms with E-state index in [1.54, 1.807) is 23.2 Å². The first kappa shape index (κ1) is 21.7. The third kappa shape index (κ3) is 3.82. The highest BCUT2D eigenvalue weighted by molar-refractivity contribution is 5.94. The normalized spacial score (nSPS) is 21.0. The van der Waals surface area contributed by atoms with E-state index in [0.29, 0.717) is 26.2 Å². The summed E-state index contributed by atoms with van der Waals surface area (Å²) in [5.74, 6) is -0.613. The van der Waals surface area contributed by atoms with Gasteiger partial charge in [0.25, 0.3) is 5.91 Å². The van der Waals surface area contributed by atoms with Crippen molar-refractivity contribution < 1.29 is 19.7 Å². The molecule has 7 nitrogen and oxygen atoms in total. The lowest BCUT2D eigenvalue weighted by Gasteiger charge is -2.49. The molecule has 172 valence electrons. The summed E-state index contributed by atoms with van der Waals surface area (Å²) >= 11 is 0. The maximum absolute atomic E-state index is 13.4. The van der Waals surface area contributed by atoms with Crippen molar-refractivity contribution in [1.82, 2.24) is 14.9 Å². The zero-order chi connectivity index (χ0) is 22.9. The van der Waals surface area contributed by atoms with E-state index in [4.69, 9.17) is 4.74 Å². The van der Waals surface area contributed by atoms with E-state index >= 15 is 0 Å². The molecule has 7 heteroatoms. The van der Waals surface area contributed by atoms with Crippen LogP contribution in [0.1, 0.15) is 34.7 Å². The zero-order valence-corrected chi connectivity index (χ0v) is 18.7. The predicted molar refractivity (Wildman–Crippen MR) is 124 cm³/mol. The first-order valence-corrected chi connectivity index (χ1v) is 11.4. The van der Waals surface area contributed by atoms with E-state index in [1.165, 1.54) is 28.3 Å². The lowest BCUT2D eigenvalue weighted by atomic mass is 9.93. The third-order valence-corrected chi connectivity index (χ3v) is 6.68. The van der Waals surface area contributed by atoms with Gasteiger partial charge in [-0.2, -0.15) is 5.01 Å². The lowest BCUT2D eigenvalue weighted by molar-refractivity contribution is -0.150. The highest BCUT2D eigenvalue weighted by atomic mass is 16.5. The van der Waals surface area contributed by atoms with Crippen LogP contribution in [0.4, 0.5) is 0 Å². The number of ether oxygens (including phenoxy) is 1. The topological polar surface area (TPSA) is 76.5 Å². The number of aliphatic hydroxyl groups is 2. The second kappa shape index (κ2) is 9.02. The Morgan fingerprint density at radius 3 is 2.30 bits per heavy atom. The molecule has 5 rings (SSSR count). The molecule has 2 heterocycles. The molecule has 0 radical (unpaired) electrons. The van der Waals surface area contributed by atoms with E-state index in [2.05, 4.69) is 53.5 Å². The average molecular weight is 448 g/mol. The Morgan fingerprint density at radius 2 is 1.67 bits per heavy atom. The average Bonchev–Trinajstić information content (AvgIpc) is 3.00. The molecule has 1 fully saturated rings. The number of hydrogen-bond donors (Lipinski definition) is 2. The highest BCUT2D eigenvalue weighted by Crippen LogP contribution is 2.41. The number of fused-ring (bicyclic) bond motifs is 3. The Kier molecular flexibility index (Phi) is 5.93. The molecule has 2 aromatic carbocycles. The fraction of sp³-hybridized carbons (Fsp3) is 0.346. The van der Waals surface area contributed by atoms with Crippen LogP contribution in [0.15, 0.2) is 72.3 Å². The summed E-state index contributed by atoms with van der Waals surface area (Å²) in [6.07, 6.45) is 4.57. The fourth-order valence-electron chi connectivity index (χ4n) is 5.06. The molecule has 1 unspecified atom stereocenters. The summed E-state index contributed by atoms with van der Waals surface area (Å²) in [5.41, 5.74) is 5.03. The Balaban J connectivity index is 1.64. The molecule has 2 aromatic rings. The van der Waals surface area contributed by atoms with E-state index in [9.17, 15) is 15.0 Å². The van der Waals surface area contributed by atoms with Crippen LogP contribution in [-0.4, -0.2) is 64.1 Å². The summed E-state index contributed by atoms with van der Waals surface area (Å²) in [5, 5.41) is 24.8. The van der Waals surface area contributed by atoms with Gasteiger partial charge >= 0.3 is 0 Å². The smallest absolute Gasteiger partial charge is 0.276 e. The molecular weight excluding hydrogens is 418 g/mol. The number of rotatable bonds is 5. The second-order valence-electron chi connectivity index (χ2n) is 8.66. The minimum absolute atomic E-state index is 0.105. The molecule has 0 spiro atoms. The maximum Gasteiger partial charge on any atom is 0.276 e. The SMILES string of the molecule is COCCCN1CN(C2c3ccccc3CCc3ccccc32)N2C=CC(O)C(O)=C2C1=O. The number of hydrazine groups is 1. The molecule has 0 bridgehead atoms. The molecule has 0 aromatic heterocycles. The van der Waals surface area contributed by atoms with E-state index in [-0.39, 0.29) is 23.4 Å². The second-order valence-corrected chi connectivity index (χ2v) is 8.66. The van der Waals surface area contributed by atoms with Crippen LogP contribution in [0.5, 0.6) is 0 Å². The van der Waals surface area contributed by atoms with Crippen molar-refractivity contribution in [2.75, 3.05) is 26.9 Å². The summed E-state index contributed by atoms with van der Waals surface area (Å²) < 4.78 is 5.19. The number of methoxy groups -OCH3 is 1. The summed E-state index contributed by atoms with van der Waals surface area (Å²) in [6, 6.07) is 16.7. The molecule has 0 saturated carbocycles. The van der Waals surface area contributed by atoms with Gasteiger partial charge in [-0.1, -0.05) is 48.5 Å². The van der Waals surface area contributed by atoms with Gasteiger partial charge in [0.15, 0.2) is 11.5 Å². The van der Waals surface area contributed by atoms with Gasteiger partial charge in [0.05, 0.1) is 12.7 Å². The van der Waals surface area contributed by atoms with Crippen LogP contribution in [0.2, 0.25) is 0 Å². The molecular formula is C26H29N3O4. The van der Waals surface area contributed by atoms with E-state index in [0.717, 1.165) is 12.8 Å². The molecule has 1 aliphatic carbocycles. The number of carbonyl (C=O) groups excluding carboxylic acids is 1. The lowest BCUT2D eigenvalue weighted by Crippen LogP contribution is -2.58. The Labute approximate surface area is 193 Å². The van der Waals surface area contributed by atoms with Crippen molar-refractivity contribution in [2.24, 2.45) is 0 Å². The summed E-state index contributed by atoms with van der Waals surface area (Å²) in [7, 11) is 1.64. The molecule has 2 N–H and O–H groups in total. The van der Waals surface area contributed by atoms with Crippen molar-refractivity contribution in [3.63, 3.8) is 0 Å². The molecule has 1 saturated heterocycles. The van der Waals surface area contributed by atoms with Gasteiger partial charge in [-0.05, 0) is 47.6 Å². The Bertz CT molecular complexity index is 1060. The first-order chi connectivity index (χ1) is 16.1. The van der Waals surface area contributed by atoms with Crippen LogP contribution in [0, 0.1) is 0 Å². The minimum atomic E-state index is -1.20. The van der Waals surface area contributed by atoms with Crippen molar-refractivity contribution >= 4 is 5.91 Å². The van der Waals surface area contributed by atoms with Crippen LogP contribution in [0.3, 0.4) is 0 Å². The van der Waals surface area contributed by atoms with Crippen molar-refractivity contribution in [1.29, 1.82) is 0 Å². The van der Waals surface area contributed by atoms with Gasteiger partial charge in [-0.15, -0.1) is 0 Å². The van der Waals surface area contributed by atoms with Crippen LogP contribution < -0.4 is 0 Å². The van der Waals surface area contributed by atoms with Crippen LogP contribution in [0.25, 0.3) is 0 Å². The first-order valence-electron chi connectivity index (χ1n) is 11.4. The quantitative estimate of drug-likeness (QED) is 0.687. The predicted octanol–water partition coefficient (Wildman–Crippen LogP) is 2.89. The fourth-order valence-corrected chi connectivity index (χ4v) is 5.06. The standard InChI is InChI=1S/C26H29N3O4/c1-33-16-6-14-27-17-29(28-15-13-22(30)25(31)24(28)26(27)32)23-20-9-4-2-7-18(20)11-12-19-8-3-5-10-21(19)23/h2-5,7-10,13,15,22-23,30-31H,6,11-12,14,16-17H2,1H3. The number of amides is 1. The number of carbonyl (C=O) groups is 1. The minimum Gasteiger partial charge on any atom is -0.507 e. The third-order valence-electron chi connectivity index (χ3n) is 6.68. The largest absolute Gasteiger partial charge is 0.507 e. The number of aliphatic hydroxyl groups excluding tert-OH is 2. The van der Waals surface area contributed by atoms with Crippen molar-refractivity contribution in [3.05, 3.63) is 94.5 Å². The van der Waals surface area contributed by atoms with E-state index in [1.807, 2.05) is 0 Å². The molecule has 33 heavy (non-hydrogen) atoms. The van der Waals surface area contributed by atoms with Gasteiger partial charge < -0.3 is 19.8 Å². The molecule has 1 amide bonds. The Morgan fingerprint density at radius 1 is 1.03 bits per heavy atom. The zero-order valence-electron chi connectivity index (χ0n) is 18.7. The Hall–Kier alpha value is -3.13. The van der Waals surface area contributed by atoms with Gasteiger partial charge in [-0.3, -0.25) is 9.80 Å². The number of benzene rings is 2.